The van der Waals surface area contributed by atoms with E-state index in [4.69, 9.17) is 4.98 Å². The summed E-state index contributed by atoms with van der Waals surface area (Å²) in [7, 11) is 0. The van der Waals surface area contributed by atoms with Gasteiger partial charge in [-0.2, -0.15) is 0 Å². The normalized spacial score (nSPS) is 11.0. The van der Waals surface area contributed by atoms with Gasteiger partial charge in [0.15, 0.2) is 0 Å². The van der Waals surface area contributed by atoms with Crippen molar-refractivity contribution in [2.24, 2.45) is 0 Å². The number of aromatic nitrogens is 3. The summed E-state index contributed by atoms with van der Waals surface area (Å²) in [6.07, 6.45) is 3.84. The molecule has 10 aromatic rings. The second kappa shape index (κ2) is 21.4. The van der Waals surface area contributed by atoms with Crippen molar-refractivity contribution in [2.75, 3.05) is 0 Å². The van der Waals surface area contributed by atoms with Gasteiger partial charge in [0.2, 0.25) is 0 Å². The van der Waals surface area contributed by atoms with Crippen LogP contribution in [0.2, 0.25) is 0 Å². The molecule has 0 aliphatic rings. The molecular weight excluding hydrogens is 1000 g/mol. The number of hydrogen-bond donors (Lipinski definition) is 0. The van der Waals surface area contributed by atoms with Crippen LogP contribution in [-0.4, -0.2) is 15.0 Å². The quantitative estimate of drug-likeness (QED) is 0.161. The van der Waals surface area contributed by atoms with E-state index < -0.39 is 0 Å². The van der Waals surface area contributed by atoms with Gasteiger partial charge in [-0.15, -0.1) is 100 Å². The molecule has 0 atom stereocenters. The first-order valence-corrected chi connectivity index (χ1v) is 23.1. The molecule has 7 aromatic carbocycles. The fourth-order valence-electron chi connectivity index (χ4n) is 8.79. The van der Waals surface area contributed by atoms with E-state index in [1.54, 1.807) is 0 Å². The van der Waals surface area contributed by atoms with Gasteiger partial charge in [-0.05, 0) is 121 Å². The van der Waals surface area contributed by atoms with Crippen LogP contribution >= 0.6 is 0 Å². The molecule has 0 saturated heterocycles. The molecule has 0 aliphatic heterocycles. The maximum atomic E-state index is 5.03. The largest absolute Gasteiger partial charge is 3.00 e. The summed E-state index contributed by atoms with van der Waals surface area (Å²) in [5.74, 6) is 0. The Hall–Kier alpha value is -6.84. The predicted molar refractivity (Wildman–Crippen MR) is 283 cm³/mol. The second-order valence-corrected chi connectivity index (χ2v) is 18.7. The molecule has 0 spiro atoms. The Bertz CT molecular complexity index is 3330. The Morgan fingerprint density at radius 2 is 1.13 bits per heavy atom. The number of pyridine rings is 3. The van der Waals surface area contributed by atoms with Crippen LogP contribution in [0.4, 0.5) is 0 Å². The first kappa shape index (κ1) is 49.1. The van der Waals surface area contributed by atoms with E-state index in [-0.39, 0.29) is 25.5 Å². The molecular formula is C64H58IrN3. The number of rotatable bonds is 5. The SMILES string of the molecule is Cc1cc(C)c2c(C)cc(-c3[c-]c4ccccc4c(C(C)(C)C)c3)nc2c1.Cc1ccc(-c2[c-]ccc(-c3ccccc3)c2)nc1.Cc1ccc(-c2cc(-c3[c-]cccc3)ncc2C)c(C)c1.[Ir+3]. The topological polar surface area (TPSA) is 38.7 Å². The third-order valence-corrected chi connectivity index (χ3v) is 12.2. The van der Waals surface area contributed by atoms with Gasteiger partial charge in [0, 0.05) is 23.5 Å². The molecule has 0 N–H and O–H groups in total. The van der Waals surface area contributed by atoms with Crippen molar-refractivity contribution in [1.29, 1.82) is 0 Å². The van der Waals surface area contributed by atoms with Gasteiger partial charge in [-0.1, -0.05) is 134 Å². The fourth-order valence-corrected chi connectivity index (χ4v) is 8.79. The van der Waals surface area contributed by atoms with Gasteiger partial charge < -0.3 is 9.97 Å². The van der Waals surface area contributed by atoms with Crippen molar-refractivity contribution in [3.05, 3.63) is 233 Å². The van der Waals surface area contributed by atoms with Crippen LogP contribution in [0.25, 0.3) is 77.7 Å². The molecule has 0 radical (unpaired) electrons. The molecule has 3 aromatic heterocycles. The van der Waals surface area contributed by atoms with E-state index in [0.717, 1.165) is 44.7 Å². The minimum absolute atomic E-state index is 0. The molecule has 338 valence electrons. The molecule has 0 bridgehead atoms. The summed E-state index contributed by atoms with van der Waals surface area (Å²) in [5.41, 5.74) is 22.2. The molecule has 10 rings (SSSR count). The molecule has 0 unspecified atom stereocenters. The average Bonchev–Trinajstić information content (AvgIpc) is 3.32. The van der Waals surface area contributed by atoms with E-state index in [1.165, 1.54) is 77.5 Å². The number of benzene rings is 7. The van der Waals surface area contributed by atoms with Crippen LogP contribution in [-0.2, 0) is 25.5 Å². The van der Waals surface area contributed by atoms with Crippen molar-refractivity contribution in [2.45, 2.75) is 74.7 Å². The number of nitrogens with zero attached hydrogens (tertiary/aromatic N) is 3. The predicted octanol–water partition coefficient (Wildman–Crippen LogP) is 16.7. The summed E-state index contributed by atoms with van der Waals surface area (Å²) in [5, 5.41) is 3.69. The third-order valence-electron chi connectivity index (χ3n) is 12.2. The first-order chi connectivity index (χ1) is 32.2. The second-order valence-electron chi connectivity index (χ2n) is 18.7. The van der Waals surface area contributed by atoms with Gasteiger partial charge in [-0.25, -0.2) is 0 Å². The van der Waals surface area contributed by atoms with Crippen molar-refractivity contribution in [3.8, 4) is 56.0 Å². The Labute approximate surface area is 417 Å². The van der Waals surface area contributed by atoms with E-state index in [9.17, 15) is 0 Å². The van der Waals surface area contributed by atoms with Crippen LogP contribution < -0.4 is 0 Å². The van der Waals surface area contributed by atoms with Crippen LogP contribution in [0.5, 0.6) is 0 Å². The zero-order valence-electron chi connectivity index (χ0n) is 40.8. The smallest absolute Gasteiger partial charge is 0.304 e. The van der Waals surface area contributed by atoms with Crippen LogP contribution in [0.15, 0.2) is 170 Å². The van der Waals surface area contributed by atoms with E-state index in [2.05, 4.69) is 206 Å². The minimum Gasteiger partial charge on any atom is -0.304 e. The summed E-state index contributed by atoms with van der Waals surface area (Å²) in [6.45, 7) is 21.7. The molecule has 68 heavy (non-hydrogen) atoms. The van der Waals surface area contributed by atoms with Gasteiger partial charge >= 0.3 is 20.1 Å². The first-order valence-electron chi connectivity index (χ1n) is 23.1. The standard InChI is InChI=1S/C26H26N.C20H18N.C18H14N.Ir/c1-16-11-17(2)25-18(3)13-23(27-24(25)12-16)20-14-19-9-7-8-10-21(19)22(15-20)26(4,5)6;1-14-9-10-18(15(2)11-14)19-12-20(21-13-16(19)3)17-7-5-4-6-8-17;1-14-10-11-18(19-13-14)17-9-5-8-16(12-17)15-6-3-2-4-7-15;/h7-13,15H,1-6H3;4-7,9-13H,1-3H3;2-8,10-13H,1H3;/q3*-1;+3. The van der Waals surface area contributed by atoms with E-state index in [0.29, 0.717) is 0 Å². The number of fused-ring (bicyclic) bond motifs is 2. The maximum Gasteiger partial charge on any atom is 3.00 e. The molecule has 4 heteroatoms. The Morgan fingerprint density at radius 1 is 0.441 bits per heavy atom. The Morgan fingerprint density at radius 3 is 1.85 bits per heavy atom. The molecule has 0 aliphatic carbocycles. The Kier molecular flexibility index (Phi) is 15.5. The number of aryl methyl sites for hydroxylation is 7. The third kappa shape index (κ3) is 11.5. The van der Waals surface area contributed by atoms with Crippen molar-refractivity contribution < 1.29 is 20.1 Å². The maximum absolute atomic E-state index is 5.03. The molecule has 0 fully saturated rings. The Balaban J connectivity index is 0.000000153. The molecule has 3 heterocycles. The monoisotopic (exact) mass is 1060 g/mol. The summed E-state index contributed by atoms with van der Waals surface area (Å²) < 4.78 is 0. The fraction of sp³-hybridized carbons (Fsp3) is 0.172. The van der Waals surface area contributed by atoms with E-state index >= 15 is 0 Å². The zero-order valence-corrected chi connectivity index (χ0v) is 43.2. The molecule has 3 nitrogen and oxygen atoms in total. The summed E-state index contributed by atoms with van der Waals surface area (Å²) in [6, 6.07) is 64.9. The van der Waals surface area contributed by atoms with Crippen molar-refractivity contribution in [1.82, 2.24) is 15.0 Å². The number of hydrogen-bond acceptors (Lipinski definition) is 3. The van der Waals surface area contributed by atoms with Gasteiger partial charge in [0.05, 0.1) is 5.52 Å². The minimum atomic E-state index is 0. The van der Waals surface area contributed by atoms with Gasteiger partial charge in [-0.3, -0.25) is 4.98 Å². The van der Waals surface area contributed by atoms with Crippen LogP contribution in [0.3, 0.4) is 0 Å². The zero-order chi connectivity index (χ0) is 47.2. The van der Waals surface area contributed by atoms with Crippen LogP contribution in [0, 0.1) is 66.7 Å². The van der Waals surface area contributed by atoms with Crippen molar-refractivity contribution in [3.63, 3.8) is 0 Å². The van der Waals surface area contributed by atoms with Gasteiger partial charge in [0.25, 0.3) is 0 Å². The molecule has 0 saturated carbocycles. The molecule has 0 amide bonds. The summed E-state index contributed by atoms with van der Waals surface area (Å²) in [4.78, 5) is 14.0. The summed E-state index contributed by atoms with van der Waals surface area (Å²) >= 11 is 0. The van der Waals surface area contributed by atoms with E-state index in [1.807, 2.05) is 61.8 Å². The van der Waals surface area contributed by atoms with Gasteiger partial charge in [0.1, 0.15) is 0 Å². The average molecular weight is 1060 g/mol. The van der Waals surface area contributed by atoms with Crippen LogP contribution in [0.1, 0.15) is 65.3 Å². The van der Waals surface area contributed by atoms with Crippen molar-refractivity contribution >= 4 is 21.7 Å².